The van der Waals surface area contributed by atoms with Gasteiger partial charge in [0, 0.05) is 64.1 Å². The van der Waals surface area contributed by atoms with Gasteiger partial charge in [-0.1, -0.05) is 6.07 Å². The van der Waals surface area contributed by atoms with Gasteiger partial charge in [-0.15, -0.1) is 0 Å². The number of rotatable bonds is 5. The molecule has 1 aromatic carbocycles. The molecule has 176 valence electrons. The number of carbonyl (C=O) groups is 2. The normalized spacial score (nSPS) is 19.4. The molecule has 0 spiro atoms. The summed E-state index contributed by atoms with van der Waals surface area (Å²) in [7, 11) is 1.60. The van der Waals surface area contributed by atoms with E-state index in [9.17, 15) is 14.4 Å². The van der Waals surface area contributed by atoms with E-state index in [1.807, 2.05) is 11.0 Å². The highest BCUT2D eigenvalue weighted by Gasteiger charge is 2.41. The number of para-hydroxylation sites is 1. The number of fused-ring (bicyclic) bond motifs is 2. The van der Waals surface area contributed by atoms with E-state index < -0.39 is 0 Å². The number of nitrogen functional groups attached to an aromatic ring is 1. The number of H-pyrrole nitrogens is 1. The van der Waals surface area contributed by atoms with Crippen LogP contribution in [0.4, 0.5) is 11.5 Å². The van der Waals surface area contributed by atoms with Crippen LogP contribution < -0.4 is 21.5 Å². The predicted molar refractivity (Wildman–Crippen MR) is 128 cm³/mol. The van der Waals surface area contributed by atoms with Crippen molar-refractivity contribution in [2.75, 3.05) is 43.9 Å². The van der Waals surface area contributed by atoms with Crippen LogP contribution in [0, 0.1) is 11.8 Å². The van der Waals surface area contributed by atoms with Crippen molar-refractivity contribution in [3.05, 3.63) is 58.3 Å². The van der Waals surface area contributed by atoms with E-state index in [1.54, 1.807) is 37.5 Å². The minimum absolute atomic E-state index is 0.0674. The van der Waals surface area contributed by atoms with Crippen LogP contribution >= 0.6 is 0 Å². The highest BCUT2D eigenvalue weighted by Crippen LogP contribution is 2.33. The Hall–Kier alpha value is -3.95. The zero-order valence-electron chi connectivity index (χ0n) is 19.0. The van der Waals surface area contributed by atoms with Crippen molar-refractivity contribution in [1.29, 1.82) is 0 Å². The average Bonchev–Trinajstić information content (AvgIpc) is 3.43. The van der Waals surface area contributed by atoms with Gasteiger partial charge in [0.25, 0.3) is 11.5 Å². The van der Waals surface area contributed by atoms with Gasteiger partial charge in [-0.25, -0.2) is 9.97 Å². The SMILES string of the molecule is CNC(=O)c1ccc(N2CC3CN(C(=O)CCc4nc5c(N)cccc5c(=O)[nH]4)CC3C2)nc1. The molecule has 0 bridgehead atoms. The quantitative estimate of drug-likeness (QED) is 0.478. The third-order valence-electron chi connectivity index (χ3n) is 6.79. The highest BCUT2D eigenvalue weighted by atomic mass is 16.2. The van der Waals surface area contributed by atoms with Gasteiger partial charge >= 0.3 is 0 Å². The lowest BCUT2D eigenvalue weighted by atomic mass is 10.0. The van der Waals surface area contributed by atoms with Crippen LogP contribution in [-0.2, 0) is 11.2 Å². The number of amides is 2. The second kappa shape index (κ2) is 8.77. The van der Waals surface area contributed by atoms with Crippen LogP contribution in [0.3, 0.4) is 0 Å². The Labute approximate surface area is 196 Å². The van der Waals surface area contributed by atoms with Crippen molar-refractivity contribution in [2.45, 2.75) is 12.8 Å². The van der Waals surface area contributed by atoms with E-state index in [0.29, 0.717) is 59.3 Å². The van der Waals surface area contributed by atoms with E-state index in [-0.39, 0.29) is 23.8 Å². The Morgan fingerprint density at radius 3 is 2.59 bits per heavy atom. The summed E-state index contributed by atoms with van der Waals surface area (Å²) in [6.07, 6.45) is 2.24. The van der Waals surface area contributed by atoms with Gasteiger partial charge in [0.05, 0.1) is 16.6 Å². The van der Waals surface area contributed by atoms with Gasteiger partial charge < -0.3 is 25.8 Å². The van der Waals surface area contributed by atoms with Gasteiger partial charge in [-0.05, 0) is 24.3 Å². The maximum Gasteiger partial charge on any atom is 0.258 e. The van der Waals surface area contributed by atoms with Gasteiger partial charge in [0.15, 0.2) is 0 Å². The fraction of sp³-hybridized carbons (Fsp3) is 0.375. The minimum atomic E-state index is -0.243. The van der Waals surface area contributed by atoms with Gasteiger partial charge in [-0.2, -0.15) is 0 Å². The molecule has 2 aliphatic rings. The molecule has 4 N–H and O–H groups in total. The summed E-state index contributed by atoms with van der Waals surface area (Å²) in [5, 5.41) is 3.04. The lowest BCUT2D eigenvalue weighted by Crippen LogP contribution is -2.33. The molecule has 34 heavy (non-hydrogen) atoms. The molecule has 2 fully saturated rings. The molecule has 4 heterocycles. The number of anilines is 2. The van der Waals surface area contributed by atoms with Crippen molar-refractivity contribution < 1.29 is 9.59 Å². The fourth-order valence-electron chi connectivity index (χ4n) is 4.97. The Morgan fingerprint density at radius 1 is 1.15 bits per heavy atom. The molecule has 10 heteroatoms. The molecule has 0 aliphatic carbocycles. The second-order valence-electron chi connectivity index (χ2n) is 8.96. The lowest BCUT2D eigenvalue weighted by molar-refractivity contribution is -0.130. The maximum atomic E-state index is 12.9. The first-order valence-electron chi connectivity index (χ1n) is 11.4. The molecule has 2 atom stereocenters. The predicted octanol–water partition coefficient (Wildman–Crippen LogP) is 0.787. The third-order valence-corrected chi connectivity index (χ3v) is 6.79. The smallest absolute Gasteiger partial charge is 0.258 e. The number of aryl methyl sites for hydroxylation is 1. The number of aromatic amines is 1. The van der Waals surface area contributed by atoms with Crippen molar-refractivity contribution in [2.24, 2.45) is 11.8 Å². The molecule has 0 radical (unpaired) electrons. The number of likely N-dealkylation sites (tertiary alicyclic amines) is 1. The molecule has 2 amide bonds. The molecule has 0 saturated carbocycles. The van der Waals surface area contributed by atoms with Crippen LogP contribution in [0.15, 0.2) is 41.3 Å². The number of hydrogen-bond donors (Lipinski definition) is 3. The minimum Gasteiger partial charge on any atom is -0.397 e. The molecule has 3 aromatic rings. The van der Waals surface area contributed by atoms with Crippen LogP contribution in [0.5, 0.6) is 0 Å². The topological polar surface area (TPSA) is 137 Å². The third kappa shape index (κ3) is 4.07. The van der Waals surface area contributed by atoms with Crippen LogP contribution in [-0.4, -0.2) is 64.9 Å². The standard InChI is InChI=1S/C24H27N7O3/c1-26-23(33)14-5-7-20(27-9-14)30-10-15-12-31(13-16(15)11-30)21(32)8-6-19-28-22-17(24(34)29-19)3-2-4-18(22)25/h2-5,7,9,15-16H,6,8,10-13,25H2,1H3,(H,26,33)(H,28,29,34). The summed E-state index contributed by atoms with van der Waals surface area (Å²) in [5.74, 6) is 2.02. The Bertz CT molecular complexity index is 1290. The van der Waals surface area contributed by atoms with Crippen LogP contribution in [0.2, 0.25) is 0 Å². The first kappa shape index (κ1) is 21.9. The molecule has 5 rings (SSSR count). The summed E-state index contributed by atoms with van der Waals surface area (Å²) in [6.45, 7) is 3.09. The largest absolute Gasteiger partial charge is 0.397 e. The van der Waals surface area contributed by atoms with E-state index in [2.05, 4.69) is 25.2 Å². The number of hydrogen-bond acceptors (Lipinski definition) is 7. The molecule has 2 saturated heterocycles. The Balaban J connectivity index is 1.17. The highest BCUT2D eigenvalue weighted by molar-refractivity contribution is 5.93. The summed E-state index contributed by atoms with van der Waals surface area (Å²) >= 11 is 0. The first-order chi connectivity index (χ1) is 16.4. The molecule has 10 nitrogen and oxygen atoms in total. The first-order valence-corrected chi connectivity index (χ1v) is 11.4. The number of aromatic nitrogens is 3. The average molecular weight is 462 g/mol. The Morgan fingerprint density at radius 2 is 1.91 bits per heavy atom. The number of pyridine rings is 1. The zero-order valence-corrected chi connectivity index (χ0v) is 19.0. The van der Waals surface area contributed by atoms with Crippen molar-refractivity contribution >= 4 is 34.2 Å². The monoisotopic (exact) mass is 461 g/mol. The van der Waals surface area contributed by atoms with Crippen LogP contribution in [0.1, 0.15) is 22.6 Å². The van der Waals surface area contributed by atoms with Crippen molar-refractivity contribution in [3.63, 3.8) is 0 Å². The molecule has 2 aliphatic heterocycles. The summed E-state index contributed by atoms with van der Waals surface area (Å²) in [6, 6.07) is 8.77. The summed E-state index contributed by atoms with van der Waals surface area (Å²) in [4.78, 5) is 52.7. The van der Waals surface area contributed by atoms with Gasteiger partial charge in [-0.3, -0.25) is 14.4 Å². The fourth-order valence-corrected chi connectivity index (χ4v) is 4.97. The summed E-state index contributed by atoms with van der Waals surface area (Å²) in [5.41, 5.74) is 7.18. The number of nitrogens with two attached hydrogens (primary N) is 1. The Kier molecular flexibility index (Phi) is 5.64. The van der Waals surface area contributed by atoms with Crippen LogP contribution in [0.25, 0.3) is 10.9 Å². The molecule has 2 unspecified atom stereocenters. The molecule has 2 aromatic heterocycles. The van der Waals surface area contributed by atoms with Gasteiger partial charge in [0.1, 0.15) is 17.2 Å². The zero-order chi connectivity index (χ0) is 23.8. The number of nitrogens with zero attached hydrogens (tertiary/aromatic N) is 4. The van der Waals surface area contributed by atoms with E-state index in [1.165, 1.54) is 0 Å². The number of benzene rings is 1. The van der Waals surface area contributed by atoms with E-state index in [0.717, 1.165) is 18.9 Å². The molecular formula is C24H27N7O3. The number of carbonyl (C=O) groups excluding carboxylic acids is 2. The van der Waals surface area contributed by atoms with Crippen molar-refractivity contribution in [1.82, 2.24) is 25.2 Å². The van der Waals surface area contributed by atoms with E-state index >= 15 is 0 Å². The second-order valence-corrected chi connectivity index (χ2v) is 8.96. The maximum absolute atomic E-state index is 12.9. The molecular weight excluding hydrogens is 434 g/mol. The summed E-state index contributed by atoms with van der Waals surface area (Å²) < 4.78 is 0. The number of nitrogens with one attached hydrogen (secondary N) is 2. The lowest BCUT2D eigenvalue weighted by Gasteiger charge is -2.22. The van der Waals surface area contributed by atoms with Gasteiger partial charge in [0.2, 0.25) is 5.91 Å². The van der Waals surface area contributed by atoms with Crippen molar-refractivity contribution in [3.8, 4) is 0 Å². The van der Waals surface area contributed by atoms with E-state index in [4.69, 9.17) is 5.73 Å².